The van der Waals surface area contributed by atoms with Crippen molar-refractivity contribution in [3.05, 3.63) is 0 Å². The second-order valence-electron chi connectivity index (χ2n) is 3.45. The predicted octanol–water partition coefficient (Wildman–Crippen LogP) is 2.19. The van der Waals surface area contributed by atoms with Crippen LogP contribution in [-0.2, 0) is 4.79 Å². The molecule has 2 unspecified atom stereocenters. The molecule has 1 amide bonds. The first-order chi connectivity index (χ1) is 6.27. The van der Waals surface area contributed by atoms with Crippen molar-refractivity contribution in [2.45, 2.75) is 50.8 Å². The van der Waals surface area contributed by atoms with Crippen LogP contribution in [0.3, 0.4) is 0 Å². The maximum absolute atomic E-state index is 11.2. The molecule has 0 aromatic carbocycles. The second-order valence-corrected chi connectivity index (χ2v) is 4.97. The molecule has 0 aromatic heterocycles. The normalized spacial score (nSPS) is 27.5. The van der Waals surface area contributed by atoms with Gasteiger partial charge in [-0.25, -0.2) is 0 Å². The third-order valence-corrected chi connectivity index (χ3v) is 3.83. The van der Waals surface area contributed by atoms with Crippen molar-refractivity contribution < 1.29 is 4.79 Å². The molecule has 0 heterocycles. The Hall–Kier alpha value is -0.180. The smallest absolute Gasteiger partial charge is 0.219 e. The summed E-state index contributed by atoms with van der Waals surface area (Å²) in [6.07, 6.45) is 4.32. The quantitative estimate of drug-likeness (QED) is 0.755. The summed E-state index contributed by atoms with van der Waals surface area (Å²) < 4.78 is 0. The van der Waals surface area contributed by atoms with E-state index in [4.69, 9.17) is 0 Å². The Morgan fingerprint density at radius 3 is 2.85 bits per heavy atom. The Morgan fingerprint density at radius 1 is 1.46 bits per heavy atom. The Balaban J connectivity index is 2.34. The third kappa shape index (κ3) is 3.22. The fraction of sp³-hybridized carbons (Fsp3) is 0.900. The highest BCUT2D eigenvalue weighted by atomic mass is 32.2. The Bertz CT molecular complexity index is 172. The molecular weight excluding hydrogens is 182 g/mol. The zero-order valence-corrected chi connectivity index (χ0v) is 9.32. The molecule has 0 bridgehead atoms. The first kappa shape index (κ1) is 10.9. The van der Waals surface area contributed by atoms with E-state index in [2.05, 4.69) is 12.2 Å². The molecule has 0 radical (unpaired) electrons. The van der Waals surface area contributed by atoms with Crippen molar-refractivity contribution in [1.29, 1.82) is 0 Å². The van der Waals surface area contributed by atoms with E-state index in [9.17, 15) is 4.79 Å². The van der Waals surface area contributed by atoms with E-state index in [0.717, 1.165) is 5.75 Å². The van der Waals surface area contributed by atoms with Gasteiger partial charge in [0.2, 0.25) is 5.91 Å². The van der Waals surface area contributed by atoms with Gasteiger partial charge in [-0.2, -0.15) is 11.8 Å². The lowest BCUT2D eigenvalue weighted by molar-refractivity contribution is -0.121. The van der Waals surface area contributed by atoms with Gasteiger partial charge in [0.15, 0.2) is 0 Å². The highest BCUT2D eigenvalue weighted by Crippen LogP contribution is 2.29. The van der Waals surface area contributed by atoms with Crippen LogP contribution in [0.2, 0.25) is 0 Å². The van der Waals surface area contributed by atoms with Crippen LogP contribution in [-0.4, -0.2) is 23.0 Å². The van der Waals surface area contributed by atoms with Gasteiger partial charge in [0.25, 0.3) is 0 Å². The molecule has 13 heavy (non-hydrogen) atoms. The van der Waals surface area contributed by atoms with E-state index >= 15 is 0 Å². The van der Waals surface area contributed by atoms with Crippen LogP contribution >= 0.6 is 11.8 Å². The van der Waals surface area contributed by atoms with Crippen molar-refractivity contribution in [3.63, 3.8) is 0 Å². The minimum absolute atomic E-state index is 0.202. The minimum atomic E-state index is 0.202. The number of thioether (sulfide) groups is 1. The molecule has 76 valence electrons. The first-order valence-corrected chi connectivity index (χ1v) is 6.23. The Kier molecular flexibility index (Phi) is 4.64. The monoisotopic (exact) mass is 201 g/mol. The molecule has 2 atom stereocenters. The highest BCUT2D eigenvalue weighted by Gasteiger charge is 2.27. The number of nitrogens with one attached hydrogen (secondary N) is 1. The maximum Gasteiger partial charge on any atom is 0.219 e. The summed E-state index contributed by atoms with van der Waals surface area (Å²) in [6, 6.07) is 0.442. The number of carbonyl (C=O) groups is 1. The van der Waals surface area contributed by atoms with Gasteiger partial charge in [-0.15, -0.1) is 0 Å². The Labute approximate surface area is 84.9 Å². The summed E-state index contributed by atoms with van der Waals surface area (Å²) in [5.41, 5.74) is 0. The van der Waals surface area contributed by atoms with Gasteiger partial charge in [0, 0.05) is 17.7 Å². The number of hydrogen-bond acceptors (Lipinski definition) is 2. The topological polar surface area (TPSA) is 29.1 Å². The summed E-state index contributed by atoms with van der Waals surface area (Å²) in [7, 11) is 0. The second kappa shape index (κ2) is 5.53. The first-order valence-electron chi connectivity index (χ1n) is 5.18. The highest BCUT2D eigenvalue weighted by molar-refractivity contribution is 7.99. The largest absolute Gasteiger partial charge is 0.352 e. The Morgan fingerprint density at radius 2 is 2.23 bits per heavy atom. The van der Waals surface area contributed by atoms with Crippen LogP contribution in [0.5, 0.6) is 0 Å². The molecule has 0 spiro atoms. The van der Waals surface area contributed by atoms with Crippen LogP contribution in [0.4, 0.5) is 0 Å². The molecule has 1 N–H and O–H groups in total. The summed E-state index contributed by atoms with van der Waals surface area (Å²) in [5.74, 6) is 1.36. The molecule has 3 heteroatoms. The van der Waals surface area contributed by atoms with Gasteiger partial charge in [0.1, 0.15) is 0 Å². The average Bonchev–Trinajstić information content (AvgIpc) is 2.54. The zero-order chi connectivity index (χ0) is 9.68. The third-order valence-electron chi connectivity index (χ3n) is 2.50. The van der Waals surface area contributed by atoms with E-state index in [1.807, 2.05) is 18.7 Å². The number of carbonyl (C=O) groups excluding carboxylic acids is 1. The van der Waals surface area contributed by atoms with E-state index in [1.165, 1.54) is 19.3 Å². The molecule has 2 nitrogen and oxygen atoms in total. The average molecular weight is 201 g/mol. The molecule has 0 saturated heterocycles. The summed E-state index contributed by atoms with van der Waals surface area (Å²) in [6.45, 7) is 4.09. The predicted molar refractivity (Wildman–Crippen MR) is 58.0 cm³/mol. The number of amides is 1. The standard InChI is InChI=1S/C10H19NOS/c1-3-10(12)11-8-6-5-7-9(8)13-4-2/h8-9H,3-7H2,1-2H3,(H,11,12). The molecular formula is C10H19NOS. The van der Waals surface area contributed by atoms with Crippen molar-refractivity contribution in [2.24, 2.45) is 0 Å². The van der Waals surface area contributed by atoms with Crippen molar-refractivity contribution in [3.8, 4) is 0 Å². The van der Waals surface area contributed by atoms with Gasteiger partial charge in [-0.3, -0.25) is 4.79 Å². The van der Waals surface area contributed by atoms with Crippen LogP contribution in [0.1, 0.15) is 39.5 Å². The lowest BCUT2D eigenvalue weighted by atomic mass is 10.2. The molecule has 1 aliphatic carbocycles. The van der Waals surface area contributed by atoms with Crippen LogP contribution in [0.25, 0.3) is 0 Å². The number of rotatable bonds is 4. The van der Waals surface area contributed by atoms with Crippen molar-refractivity contribution >= 4 is 17.7 Å². The zero-order valence-electron chi connectivity index (χ0n) is 8.51. The van der Waals surface area contributed by atoms with Crippen LogP contribution < -0.4 is 5.32 Å². The fourth-order valence-electron chi connectivity index (χ4n) is 1.81. The van der Waals surface area contributed by atoms with Gasteiger partial charge in [-0.05, 0) is 18.6 Å². The van der Waals surface area contributed by atoms with E-state index in [-0.39, 0.29) is 5.91 Å². The summed E-state index contributed by atoms with van der Waals surface area (Å²) >= 11 is 1.98. The van der Waals surface area contributed by atoms with Gasteiger partial charge in [0.05, 0.1) is 0 Å². The fourth-order valence-corrected chi connectivity index (χ4v) is 3.01. The van der Waals surface area contributed by atoms with Gasteiger partial charge < -0.3 is 5.32 Å². The maximum atomic E-state index is 11.2. The molecule has 0 aromatic rings. The lowest BCUT2D eigenvalue weighted by Gasteiger charge is -2.19. The van der Waals surface area contributed by atoms with Crippen LogP contribution in [0, 0.1) is 0 Å². The van der Waals surface area contributed by atoms with E-state index in [0.29, 0.717) is 17.7 Å². The molecule has 1 fully saturated rings. The SMILES string of the molecule is CCSC1CCCC1NC(=O)CC. The number of hydrogen-bond donors (Lipinski definition) is 1. The van der Waals surface area contributed by atoms with Crippen molar-refractivity contribution in [1.82, 2.24) is 5.32 Å². The molecule has 1 rings (SSSR count). The van der Waals surface area contributed by atoms with Gasteiger partial charge in [-0.1, -0.05) is 20.3 Å². The van der Waals surface area contributed by atoms with E-state index < -0.39 is 0 Å². The summed E-state index contributed by atoms with van der Waals surface area (Å²) in [4.78, 5) is 11.2. The molecule has 0 aliphatic heterocycles. The minimum Gasteiger partial charge on any atom is -0.352 e. The van der Waals surface area contributed by atoms with Gasteiger partial charge >= 0.3 is 0 Å². The lowest BCUT2D eigenvalue weighted by Crippen LogP contribution is -2.38. The summed E-state index contributed by atoms with van der Waals surface area (Å²) in [5, 5.41) is 3.77. The molecule has 1 aliphatic rings. The van der Waals surface area contributed by atoms with Crippen LogP contribution in [0.15, 0.2) is 0 Å². The van der Waals surface area contributed by atoms with Crippen molar-refractivity contribution in [2.75, 3.05) is 5.75 Å². The van der Waals surface area contributed by atoms with E-state index in [1.54, 1.807) is 0 Å². The molecule has 1 saturated carbocycles.